The number of ether oxygens (including phenoxy) is 1. The highest BCUT2D eigenvalue weighted by Gasteiger charge is 2.05. The van der Waals surface area contributed by atoms with Crippen LogP contribution in [0.4, 0.5) is 0 Å². The molecule has 82 valence electrons. The van der Waals surface area contributed by atoms with Crippen LogP contribution in [-0.4, -0.2) is 12.6 Å². The highest BCUT2D eigenvalue weighted by molar-refractivity contribution is 5.69. The Morgan fingerprint density at radius 2 is 1.87 bits per heavy atom. The minimum Gasteiger partial charge on any atom is -0.466 e. The van der Waals surface area contributed by atoms with Gasteiger partial charge in [0.15, 0.2) is 0 Å². The number of carbonyl (C=O) groups is 1. The Balaban J connectivity index is 2.17. The molecule has 0 amide bonds. The molecule has 2 nitrogen and oxygen atoms in total. The van der Waals surface area contributed by atoms with Crippen LogP contribution < -0.4 is 0 Å². The van der Waals surface area contributed by atoms with E-state index in [9.17, 15) is 4.79 Å². The van der Waals surface area contributed by atoms with E-state index in [2.05, 4.69) is 24.3 Å². The summed E-state index contributed by atoms with van der Waals surface area (Å²) in [6.45, 7) is 2.31. The lowest BCUT2D eigenvalue weighted by Gasteiger charge is -2.06. The number of allylic oxidation sites excluding steroid dienone is 6. The molecule has 0 aromatic carbocycles. The van der Waals surface area contributed by atoms with E-state index in [0.29, 0.717) is 18.9 Å². The fourth-order valence-corrected chi connectivity index (χ4v) is 1.51. The fraction of sp³-hybridized carbons (Fsp3) is 0.462. The molecule has 0 bridgehead atoms. The lowest BCUT2D eigenvalue weighted by atomic mass is 10.0. The van der Waals surface area contributed by atoms with E-state index in [1.807, 2.05) is 19.1 Å². The molecule has 0 saturated carbocycles. The van der Waals surface area contributed by atoms with Crippen molar-refractivity contribution >= 4 is 5.97 Å². The second-order valence-corrected chi connectivity index (χ2v) is 3.52. The van der Waals surface area contributed by atoms with Crippen molar-refractivity contribution in [3.8, 4) is 0 Å². The van der Waals surface area contributed by atoms with E-state index in [1.165, 1.54) is 0 Å². The third-order valence-electron chi connectivity index (χ3n) is 2.27. The maximum Gasteiger partial charge on any atom is 0.305 e. The smallest absolute Gasteiger partial charge is 0.305 e. The van der Waals surface area contributed by atoms with Gasteiger partial charge >= 0.3 is 5.97 Å². The van der Waals surface area contributed by atoms with E-state index in [1.54, 1.807) is 0 Å². The van der Waals surface area contributed by atoms with E-state index in [-0.39, 0.29) is 5.97 Å². The zero-order valence-electron chi connectivity index (χ0n) is 9.19. The average molecular weight is 206 g/mol. The summed E-state index contributed by atoms with van der Waals surface area (Å²) in [6.07, 6.45) is 14.9. The summed E-state index contributed by atoms with van der Waals surface area (Å²) >= 11 is 0. The SMILES string of the molecule is CCOC(=O)CCCC1C=CC=CC=C1. The summed E-state index contributed by atoms with van der Waals surface area (Å²) in [4.78, 5) is 11.1. The molecule has 1 aliphatic rings. The van der Waals surface area contributed by atoms with Crippen molar-refractivity contribution in [3.05, 3.63) is 36.5 Å². The monoisotopic (exact) mass is 206 g/mol. The number of hydrogen-bond donors (Lipinski definition) is 0. The minimum atomic E-state index is -0.0859. The second-order valence-electron chi connectivity index (χ2n) is 3.52. The topological polar surface area (TPSA) is 26.3 Å². The van der Waals surface area contributed by atoms with Gasteiger partial charge in [0.05, 0.1) is 6.61 Å². The molecule has 1 aliphatic carbocycles. The lowest BCUT2D eigenvalue weighted by molar-refractivity contribution is -0.143. The molecule has 0 saturated heterocycles. The molecule has 0 heterocycles. The van der Waals surface area contributed by atoms with Crippen LogP contribution in [0.25, 0.3) is 0 Å². The molecule has 0 fully saturated rings. The minimum absolute atomic E-state index is 0.0859. The van der Waals surface area contributed by atoms with Crippen LogP contribution in [0.3, 0.4) is 0 Å². The normalized spacial score (nSPS) is 15.3. The Morgan fingerprint density at radius 3 is 2.47 bits per heavy atom. The van der Waals surface area contributed by atoms with E-state index < -0.39 is 0 Å². The predicted octanol–water partition coefficient (Wildman–Crippen LogP) is 3.02. The first-order chi connectivity index (χ1) is 7.33. The Morgan fingerprint density at radius 1 is 1.20 bits per heavy atom. The molecule has 1 rings (SSSR count). The third-order valence-corrected chi connectivity index (χ3v) is 2.27. The molecule has 0 aromatic rings. The van der Waals surface area contributed by atoms with Crippen LogP contribution in [-0.2, 0) is 9.53 Å². The van der Waals surface area contributed by atoms with Crippen LogP contribution in [0.15, 0.2) is 36.5 Å². The molecule has 15 heavy (non-hydrogen) atoms. The molecule has 0 unspecified atom stereocenters. The molecule has 0 N–H and O–H groups in total. The number of hydrogen-bond acceptors (Lipinski definition) is 2. The largest absolute Gasteiger partial charge is 0.466 e. The van der Waals surface area contributed by atoms with E-state index >= 15 is 0 Å². The van der Waals surface area contributed by atoms with Crippen molar-refractivity contribution in [1.82, 2.24) is 0 Å². The van der Waals surface area contributed by atoms with E-state index in [0.717, 1.165) is 12.8 Å². The number of rotatable bonds is 5. The van der Waals surface area contributed by atoms with Gasteiger partial charge < -0.3 is 4.74 Å². The fourth-order valence-electron chi connectivity index (χ4n) is 1.51. The zero-order chi connectivity index (χ0) is 10.9. The highest BCUT2D eigenvalue weighted by Crippen LogP contribution is 2.14. The first kappa shape index (κ1) is 11.8. The number of esters is 1. The van der Waals surface area contributed by atoms with Crippen LogP contribution in [0.2, 0.25) is 0 Å². The first-order valence-electron chi connectivity index (χ1n) is 5.50. The summed E-state index contributed by atoms with van der Waals surface area (Å²) in [5, 5.41) is 0. The van der Waals surface area contributed by atoms with Gasteiger partial charge in [-0.1, -0.05) is 36.5 Å². The van der Waals surface area contributed by atoms with Crippen LogP contribution >= 0.6 is 0 Å². The Bertz CT molecular complexity index is 258. The number of carbonyl (C=O) groups excluding carboxylic acids is 1. The molecule has 0 radical (unpaired) electrons. The third kappa shape index (κ3) is 5.21. The van der Waals surface area contributed by atoms with Gasteiger partial charge in [-0.2, -0.15) is 0 Å². The van der Waals surface area contributed by atoms with Crippen molar-refractivity contribution in [2.24, 2.45) is 5.92 Å². The van der Waals surface area contributed by atoms with Gasteiger partial charge in [0.1, 0.15) is 0 Å². The van der Waals surface area contributed by atoms with Gasteiger partial charge in [-0.05, 0) is 25.7 Å². The molecular formula is C13H18O2. The van der Waals surface area contributed by atoms with Gasteiger partial charge in [0.2, 0.25) is 0 Å². The standard InChI is InChI=1S/C13H18O2/c1-2-15-13(14)11-7-10-12-8-5-3-4-6-9-12/h3-6,8-9,12H,2,7,10-11H2,1H3. The lowest BCUT2D eigenvalue weighted by Crippen LogP contribution is -2.04. The van der Waals surface area contributed by atoms with Crippen molar-refractivity contribution in [2.75, 3.05) is 6.61 Å². The average Bonchev–Trinajstić information content (AvgIpc) is 2.47. The summed E-state index contributed by atoms with van der Waals surface area (Å²) < 4.78 is 4.87. The Labute approximate surface area is 91.3 Å². The van der Waals surface area contributed by atoms with Crippen molar-refractivity contribution in [3.63, 3.8) is 0 Å². The first-order valence-corrected chi connectivity index (χ1v) is 5.50. The van der Waals surface area contributed by atoms with Gasteiger partial charge in [-0.25, -0.2) is 0 Å². The molecule has 2 heteroatoms. The molecule has 0 aromatic heterocycles. The summed E-state index contributed by atoms with van der Waals surface area (Å²) in [5.74, 6) is 0.367. The van der Waals surface area contributed by atoms with Gasteiger partial charge in [0.25, 0.3) is 0 Å². The Hall–Kier alpha value is -1.31. The quantitative estimate of drug-likeness (QED) is 0.646. The van der Waals surface area contributed by atoms with Crippen molar-refractivity contribution in [1.29, 1.82) is 0 Å². The molecule has 0 spiro atoms. The van der Waals surface area contributed by atoms with Gasteiger partial charge in [-0.15, -0.1) is 0 Å². The summed E-state index contributed by atoms with van der Waals surface area (Å²) in [5.41, 5.74) is 0. The maximum atomic E-state index is 11.1. The van der Waals surface area contributed by atoms with E-state index in [4.69, 9.17) is 4.74 Å². The molecular weight excluding hydrogens is 188 g/mol. The predicted molar refractivity (Wildman–Crippen MR) is 61.4 cm³/mol. The van der Waals surface area contributed by atoms with Crippen molar-refractivity contribution in [2.45, 2.75) is 26.2 Å². The molecule has 0 aliphatic heterocycles. The van der Waals surface area contributed by atoms with Crippen LogP contribution in [0.1, 0.15) is 26.2 Å². The van der Waals surface area contributed by atoms with Crippen molar-refractivity contribution < 1.29 is 9.53 Å². The zero-order valence-corrected chi connectivity index (χ0v) is 9.19. The van der Waals surface area contributed by atoms with Crippen LogP contribution in [0, 0.1) is 5.92 Å². The Kier molecular flexibility index (Phi) is 5.52. The van der Waals surface area contributed by atoms with Crippen LogP contribution in [0.5, 0.6) is 0 Å². The van der Waals surface area contributed by atoms with Gasteiger partial charge in [-0.3, -0.25) is 4.79 Å². The molecule has 0 atom stereocenters. The highest BCUT2D eigenvalue weighted by atomic mass is 16.5. The maximum absolute atomic E-state index is 11.1. The summed E-state index contributed by atoms with van der Waals surface area (Å²) in [7, 11) is 0. The second kappa shape index (κ2) is 7.04. The summed E-state index contributed by atoms with van der Waals surface area (Å²) in [6, 6.07) is 0. The van der Waals surface area contributed by atoms with Gasteiger partial charge in [0, 0.05) is 6.42 Å².